The maximum atomic E-state index is 12.8. The summed E-state index contributed by atoms with van der Waals surface area (Å²) < 4.78 is 18.5. The number of amides is 1. The lowest BCUT2D eigenvalue weighted by molar-refractivity contribution is -0.114. The Morgan fingerprint density at radius 3 is 2.61 bits per heavy atom. The highest BCUT2D eigenvalue weighted by Gasteiger charge is 2.05. The van der Waals surface area contributed by atoms with Gasteiger partial charge in [0, 0.05) is 17.4 Å². The molecule has 2 aromatic carbocycles. The topological polar surface area (TPSA) is 50.4 Å². The van der Waals surface area contributed by atoms with Crippen LogP contribution in [0.1, 0.15) is 20.3 Å². The zero-order chi connectivity index (χ0) is 16.7. The third-order valence-corrected chi connectivity index (χ3v) is 3.33. The van der Waals surface area contributed by atoms with Gasteiger partial charge in [-0.25, -0.2) is 4.39 Å². The molecule has 0 aliphatic carbocycles. The summed E-state index contributed by atoms with van der Waals surface area (Å²) in [6, 6.07) is 13.2. The molecule has 0 saturated carbocycles. The average Bonchev–Trinajstić information content (AvgIpc) is 2.54. The molecule has 2 aromatic rings. The maximum Gasteiger partial charge on any atom is 0.243 e. The molecule has 1 amide bonds. The van der Waals surface area contributed by atoms with Gasteiger partial charge in [0.05, 0.1) is 12.6 Å². The molecule has 0 saturated heterocycles. The molecule has 2 N–H and O–H groups in total. The normalized spacial score (nSPS) is 11.6. The fourth-order valence-corrected chi connectivity index (χ4v) is 1.92. The first kappa shape index (κ1) is 16.8. The number of hydrogen-bond donors (Lipinski definition) is 2. The molecule has 122 valence electrons. The van der Waals surface area contributed by atoms with Crippen LogP contribution < -0.4 is 15.4 Å². The summed E-state index contributed by atoms with van der Waals surface area (Å²) in [5.41, 5.74) is 1.37. The van der Waals surface area contributed by atoms with Crippen molar-refractivity contribution in [3.8, 4) is 5.75 Å². The fourth-order valence-electron chi connectivity index (χ4n) is 1.92. The molecule has 0 spiro atoms. The van der Waals surface area contributed by atoms with Crippen molar-refractivity contribution >= 4 is 17.3 Å². The van der Waals surface area contributed by atoms with Crippen LogP contribution in [-0.2, 0) is 4.79 Å². The lowest BCUT2D eigenvalue weighted by atomic mass is 10.2. The van der Waals surface area contributed by atoms with Crippen LogP contribution in [0, 0.1) is 5.82 Å². The van der Waals surface area contributed by atoms with E-state index < -0.39 is 0 Å². The minimum absolute atomic E-state index is 0.0993. The number of benzene rings is 2. The highest BCUT2D eigenvalue weighted by molar-refractivity contribution is 5.93. The van der Waals surface area contributed by atoms with Crippen LogP contribution >= 0.6 is 0 Å². The third kappa shape index (κ3) is 5.62. The van der Waals surface area contributed by atoms with Gasteiger partial charge >= 0.3 is 0 Å². The molecule has 5 heteroatoms. The van der Waals surface area contributed by atoms with E-state index in [1.54, 1.807) is 24.3 Å². The van der Waals surface area contributed by atoms with Gasteiger partial charge in [-0.2, -0.15) is 0 Å². The summed E-state index contributed by atoms with van der Waals surface area (Å²) in [5.74, 6) is 0.233. The molecular weight excluding hydrogens is 295 g/mol. The maximum absolute atomic E-state index is 12.8. The predicted octanol–water partition coefficient (Wildman–Crippen LogP) is 4.05. The van der Waals surface area contributed by atoms with E-state index in [9.17, 15) is 9.18 Å². The molecule has 0 heterocycles. The van der Waals surface area contributed by atoms with Gasteiger partial charge in [-0.1, -0.05) is 13.0 Å². The van der Waals surface area contributed by atoms with E-state index in [-0.39, 0.29) is 24.4 Å². The van der Waals surface area contributed by atoms with Crippen molar-refractivity contribution < 1.29 is 13.9 Å². The summed E-state index contributed by atoms with van der Waals surface area (Å²) in [4.78, 5) is 12.0. The average molecular weight is 316 g/mol. The Morgan fingerprint density at radius 2 is 1.91 bits per heavy atom. The number of carbonyl (C=O) groups is 1. The summed E-state index contributed by atoms with van der Waals surface area (Å²) in [6.07, 6.45) is 1.04. The van der Waals surface area contributed by atoms with Gasteiger partial charge in [-0.15, -0.1) is 0 Å². The van der Waals surface area contributed by atoms with E-state index >= 15 is 0 Å². The number of anilines is 2. The molecule has 0 aliphatic rings. The van der Waals surface area contributed by atoms with Crippen LogP contribution in [0.4, 0.5) is 15.8 Å². The zero-order valence-corrected chi connectivity index (χ0v) is 13.3. The van der Waals surface area contributed by atoms with E-state index in [0.717, 1.165) is 12.2 Å². The largest absolute Gasteiger partial charge is 0.491 e. The second-order valence-corrected chi connectivity index (χ2v) is 5.27. The number of nitrogens with one attached hydrogen (secondary N) is 2. The van der Waals surface area contributed by atoms with E-state index in [1.165, 1.54) is 12.1 Å². The summed E-state index contributed by atoms with van der Waals surface area (Å²) >= 11 is 0. The van der Waals surface area contributed by atoms with Gasteiger partial charge < -0.3 is 15.4 Å². The van der Waals surface area contributed by atoms with Gasteiger partial charge in [0.15, 0.2) is 0 Å². The molecule has 1 unspecified atom stereocenters. The number of rotatable bonds is 7. The Kier molecular flexibility index (Phi) is 5.97. The molecule has 0 fully saturated rings. The lowest BCUT2D eigenvalue weighted by Gasteiger charge is -2.14. The Balaban J connectivity index is 1.87. The molecule has 23 heavy (non-hydrogen) atoms. The van der Waals surface area contributed by atoms with Crippen molar-refractivity contribution in [3.05, 3.63) is 54.3 Å². The molecule has 0 aliphatic heterocycles. The highest BCUT2D eigenvalue weighted by atomic mass is 19.1. The first-order chi connectivity index (χ1) is 11.1. The van der Waals surface area contributed by atoms with Gasteiger partial charge in [0.1, 0.15) is 11.6 Å². The van der Waals surface area contributed by atoms with Crippen molar-refractivity contribution in [2.75, 3.05) is 17.2 Å². The summed E-state index contributed by atoms with van der Waals surface area (Å²) in [7, 11) is 0. The van der Waals surface area contributed by atoms with Crippen molar-refractivity contribution in [2.24, 2.45) is 0 Å². The van der Waals surface area contributed by atoms with Crippen LogP contribution in [-0.4, -0.2) is 18.6 Å². The van der Waals surface area contributed by atoms with E-state index in [2.05, 4.69) is 17.6 Å². The molecule has 2 rings (SSSR count). The Morgan fingerprint density at radius 1 is 1.17 bits per heavy atom. The van der Waals surface area contributed by atoms with Crippen LogP contribution in [0.15, 0.2) is 48.5 Å². The zero-order valence-electron chi connectivity index (χ0n) is 13.3. The second-order valence-electron chi connectivity index (χ2n) is 5.27. The van der Waals surface area contributed by atoms with E-state index in [1.807, 2.05) is 19.1 Å². The number of ether oxygens (including phenoxy) is 1. The third-order valence-electron chi connectivity index (χ3n) is 3.33. The van der Waals surface area contributed by atoms with Crippen LogP contribution in [0.5, 0.6) is 5.75 Å². The smallest absolute Gasteiger partial charge is 0.243 e. The van der Waals surface area contributed by atoms with Crippen molar-refractivity contribution in [3.63, 3.8) is 0 Å². The molecule has 1 atom stereocenters. The van der Waals surface area contributed by atoms with Gasteiger partial charge in [-0.05, 0) is 49.7 Å². The van der Waals surface area contributed by atoms with Crippen LogP contribution in [0.2, 0.25) is 0 Å². The standard InChI is InChI=1S/C18H21FN2O2/c1-3-13(2)23-17-6-4-5-16(11-17)21-18(22)12-20-15-9-7-14(19)8-10-15/h4-11,13,20H,3,12H2,1-2H3,(H,21,22). The minimum Gasteiger partial charge on any atom is -0.491 e. The van der Waals surface area contributed by atoms with Crippen molar-refractivity contribution in [1.82, 2.24) is 0 Å². The first-order valence-electron chi connectivity index (χ1n) is 7.63. The van der Waals surface area contributed by atoms with Gasteiger partial charge in [0.2, 0.25) is 5.91 Å². The molecule has 0 radical (unpaired) electrons. The number of hydrogen-bond acceptors (Lipinski definition) is 3. The SMILES string of the molecule is CCC(C)Oc1cccc(NC(=O)CNc2ccc(F)cc2)c1. The van der Waals surface area contributed by atoms with E-state index in [0.29, 0.717) is 11.4 Å². The fraction of sp³-hybridized carbons (Fsp3) is 0.278. The monoisotopic (exact) mass is 316 g/mol. The van der Waals surface area contributed by atoms with Gasteiger partial charge in [0.25, 0.3) is 0 Å². The Bertz CT molecular complexity index is 644. The van der Waals surface area contributed by atoms with Gasteiger partial charge in [-0.3, -0.25) is 4.79 Å². The number of carbonyl (C=O) groups excluding carboxylic acids is 1. The number of halogens is 1. The first-order valence-corrected chi connectivity index (χ1v) is 7.63. The quantitative estimate of drug-likeness (QED) is 0.810. The van der Waals surface area contributed by atoms with Crippen LogP contribution in [0.3, 0.4) is 0 Å². The minimum atomic E-state index is -0.307. The predicted molar refractivity (Wildman–Crippen MR) is 90.3 cm³/mol. The molecular formula is C18H21FN2O2. The van der Waals surface area contributed by atoms with Crippen molar-refractivity contribution in [2.45, 2.75) is 26.4 Å². The summed E-state index contributed by atoms with van der Waals surface area (Å²) in [6.45, 7) is 4.15. The Labute approximate surface area is 135 Å². The Hall–Kier alpha value is -2.56. The van der Waals surface area contributed by atoms with Crippen LogP contribution in [0.25, 0.3) is 0 Å². The van der Waals surface area contributed by atoms with E-state index in [4.69, 9.17) is 4.74 Å². The highest BCUT2D eigenvalue weighted by Crippen LogP contribution is 2.19. The molecule has 0 aromatic heterocycles. The van der Waals surface area contributed by atoms with Crippen molar-refractivity contribution in [1.29, 1.82) is 0 Å². The lowest BCUT2D eigenvalue weighted by Crippen LogP contribution is -2.21. The molecule has 4 nitrogen and oxygen atoms in total. The molecule has 0 bridgehead atoms. The summed E-state index contributed by atoms with van der Waals surface area (Å²) in [5, 5.41) is 5.74. The second kappa shape index (κ2) is 8.17.